The second-order valence-corrected chi connectivity index (χ2v) is 11.8. The third-order valence-corrected chi connectivity index (χ3v) is 8.46. The normalized spacial score (nSPS) is 14.1. The van der Waals surface area contributed by atoms with Crippen molar-refractivity contribution < 1.29 is 22.7 Å². The van der Waals surface area contributed by atoms with E-state index in [1.54, 1.807) is 30.3 Å². The molecule has 2 aromatic rings. The molecule has 2 heterocycles. The highest BCUT2D eigenvalue weighted by Gasteiger charge is 2.27. The molecule has 9 nitrogen and oxygen atoms in total. The Morgan fingerprint density at radius 2 is 1.92 bits per heavy atom. The van der Waals surface area contributed by atoms with E-state index in [1.807, 2.05) is 18.1 Å². The predicted molar refractivity (Wildman–Crippen MR) is 148 cm³/mol. The minimum Gasteiger partial charge on any atom is -0.497 e. The van der Waals surface area contributed by atoms with Crippen LogP contribution < -0.4 is 14.4 Å². The first-order valence-electron chi connectivity index (χ1n) is 12.6. The first kappa shape index (κ1) is 29.5. The zero-order valence-corrected chi connectivity index (χ0v) is 23.7. The number of nitrogens with zero attached hydrogens (tertiary/aromatic N) is 3. The van der Waals surface area contributed by atoms with Crippen molar-refractivity contribution in [1.82, 2.24) is 9.71 Å². The van der Waals surface area contributed by atoms with Gasteiger partial charge in [0.2, 0.25) is 15.9 Å². The van der Waals surface area contributed by atoms with Crippen molar-refractivity contribution in [3.05, 3.63) is 47.0 Å². The minimum absolute atomic E-state index is 0.00147. The Bertz CT molecular complexity index is 1280. The van der Waals surface area contributed by atoms with Crippen LogP contribution in [0.1, 0.15) is 66.9 Å². The number of ether oxygens (including phenoxy) is 1. The summed E-state index contributed by atoms with van der Waals surface area (Å²) in [6.07, 6.45) is 5.42. The van der Waals surface area contributed by atoms with Gasteiger partial charge in [0.25, 0.3) is 0 Å². The van der Waals surface area contributed by atoms with E-state index < -0.39 is 15.9 Å². The summed E-state index contributed by atoms with van der Waals surface area (Å²) in [5.74, 6) is 0.376. The number of anilines is 1. The molecule has 1 amide bonds. The molecular weight excluding hydrogens is 524 g/mol. The number of aromatic nitrogens is 1. The van der Waals surface area contributed by atoms with Crippen LogP contribution in [0.15, 0.2) is 35.4 Å². The Hall–Kier alpha value is -3.10. The molecule has 1 aliphatic rings. The zero-order chi connectivity index (χ0) is 27.7. The number of carbonyl (C=O) groups excluding carboxylic acids is 2. The Kier molecular flexibility index (Phi) is 10.6. The SMILES string of the molecule is CCCCC(=O)c1cc(C#N)c(N2CCC(CC(=O)NS(=O)(=O)Cc3ccc(OC)cc3)CC2)nc1SC. The van der Waals surface area contributed by atoms with Crippen molar-refractivity contribution in [2.75, 3.05) is 31.4 Å². The molecule has 1 aromatic carbocycles. The number of rotatable bonds is 12. The summed E-state index contributed by atoms with van der Waals surface area (Å²) in [7, 11) is -2.29. The number of sulfonamides is 1. The van der Waals surface area contributed by atoms with Crippen LogP contribution in [0.3, 0.4) is 0 Å². The average Bonchev–Trinajstić information content (AvgIpc) is 2.91. The number of unbranched alkanes of at least 4 members (excludes halogenated alkanes) is 1. The fourth-order valence-electron chi connectivity index (χ4n) is 4.44. The Morgan fingerprint density at radius 3 is 2.50 bits per heavy atom. The number of benzene rings is 1. The maximum Gasteiger partial charge on any atom is 0.239 e. The van der Waals surface area contributed by atoms with Crippen LogP contribution in [0.4, 0.5) is 5.82 Å². The molecule has 11 heteroatoms. The highest BCUT2D eigenvalue weighted by Crippen LogP contribution is 2.31. The molecule has 38 heavy (non-hydrogen) atoms. The predicted octanol–water partition coefficient (Wildman–Crippen LogP) is 4.31. The van der Waals surface area contributed by atoms with Crippen LogP contribution in [-0.4, -0.2) is 51.5 Å². The lowest BCUT2D eigenvalue weighted by molar-refractivity contribution is -0.120. The van der Waals surface area contributed by atoms with E-state index in [0.717, 1.165) is 12.8 Å². The van der Waals surface area contributed by atoms with Gasteiger partial charge >= 0.3 is 0 Å². The molecule has 0 unspecified atom stereocenters. The van der Waals surface area contributed by atoms with Gasteiger partial charge in [0.1, 0.15) is 22.7 Å². The van der Waals surface area contributed by atoms with Gasteiger partial charge in [-0.1, -0.05) is 25.5 Å². The Balaban J connectivity index is 1.59. The first-order valence-corrected chi connectivity index (χ1v) is 15.5. The van der Waals surface area contributed by atoms with E-state index in [0.29, 0.717) is 65.6 Å². The molecule has 3 rings (SSSR count). The maximum absolute atomic E-state index is 12.7. The molecule has 1 saturated heterocycles. The molecule has 1 fully saturated rings. The molecule has 0 radical (unpaired) electrons. The second-order valence-electron chi connectivity index (χ2n) is 9.32. The van der Waals surface area contributed by atoms with E-state index >= 15 is 0 Å². The summed E-state index contributed by atoms with van der Waals surface area (Å²) in [6, 6.07) is 10.5. The summed E-state index contributed by atoms with van der Waals surface area (Å²) < 4.78 is 32.2. The van der Waals surface area contributed by atoms with Gasteiger partial charge in [0.15, 0.2) is 5.78 Å². The van der Waals surface area contributed by atoms with Gasteiger partial charge in [-0.25, -0.2) is 13.4 Å². The van der Waals surface area contributed by atoms with Crippen molar-refractivity contribution in [1.29, 1.82) is 5.26 Å². The number of hydrogen-bond acceptors (Lipinski definition) is 9. The standard InChI is InChI=1S/C27H34N4O5S2/c1-4-5-6-24(32)23-16-21(17-28)26(29-27(23)37-3)31-13-11-19(12-14-31)15-25(33)30-38(34,35)18-20-7-9-22(36-2)10-8-20/h7-10,16,19H,4-6,11-15,18H2,1-3H3,(H,30,33). The summed E-state index contributed by atoms with van der Waals surface area (Å²) in [4.78, 5) is 31.9. The lowest BCUT2D eigenvalue weighted by atomic mass is 9.93. The lowest BCUT2D eigenvalue weighted by Gasteiger charge is -2.33. The third-order valence-electron chi connectivity index (χ3n) is 6.51. The number of Topliss-reactive ketones (excluding diaryl/α,β-unsaturated/α-hetero) is 1. The summed E-state index contributed by atoms with van der Waals surface area (Å²) in [5, 5.41) is 10.4. The van der Waals surface area contributed by atoms with Crippen molar-refractivity contribution in [2.24, 2.45) is 5.92 Å². The van der Waals surface area contributed by atoms with Crippen LogP contribution in [0.5, 0.6) is 5.75 Å². The number of thioether (sulfide) groups is 1. The van der Waals surface area contributed by atoms with Gasteiger partial charge in [-0.2, -0.15) is 5.26 Å². The molecular formula is C27H34N4O5S2. The van der Waals surface area contributed by atoms with Gasteiger partial charge in [-0.05, 0) is 55.2 Å². The third kappa shape index (κ3) is 7.95. The molecule has 1 N–H and O–H groups in total. The van der Waals surface area contributed by atoms with E-state index in [4.69, 9.17) is 4.74 Å². The van der Waals surface area contributed by atoms with Crippen LogP contribution in [-0.2, 0) is 20.6 Å². The number of amides is 1. The highest BCUT2D eigenvalue weighted by atomic mass is 32.2. The molecule has 1 aromatic heterocycles. The number of carbonyl (C=O) groups is 2. The molecule has 0 atom stereocenters. The topological polar surface area (TPSA) is 129 Å². The Labute approximate surface area is 229 Å². The van der Waals surface area contributed by atoms with E-state index in [1.165, 1.54) is 18.9 Å². The molecule has 0 bridgehead atoms. The van der Waals surface area contributed by atoms with Gasteiger partial charge in [0, 0.05) is 25.9 Å². The number of piperidine rings is 1. The molecule has 0 spiro atoms. The number of methoxy groups -OCH3 is 1. The molecule has 1 aliphatic heterocycles. The molecule has 204 valence electrons. The van der Waals surface area contributed by atoms with Crippen LogP contribution in [0, 0.1) is 17.2 Å². The quantitative estimate of drug-likeness (QED) is 0.299. The second kappa shape index (κ2) is 13.6. The number of ketones is 1. The Morgan fingerprint density at radius 1 is 1.24 bits per heavy atom. The van der Waals surface area contributed by atoms with Crippen molar-refractivity contribution in [3.63, 3.8) is 0 Å². The van der Waals surface area contributed by atoms with E-state index in [2.05, 4.69) is 15.8 Å². The largest absolute Gasteiger partial charge is 0.497 e. The summed E-state index contributed by atoms with van der Waals surface area (Å²) in [5.41, 5.74) is 1.42. The monoisotopic (exact) mass is 558 g/mol. The minimum atomic E-state index is -3.82. The number of nitriles is 1. The van der Waals surface area contributed by atoms with Gasteiger partial charge in [0.05, 0.1) is 24.0 Å². The van der Waals surface area contributed by atoms with Crippen molar-refractivity contribution >= 4 is 39.3 Å². The van der Waals surface area contributed by atoms with Crippen molar-refractivity contribution in [3.8, 4) is 11.8 Å². The summed E-state index contributed by atoms with van der Waals surface area (Å²) >= 11 is 1.39. The van der Waals surface area contributed by atoms with Crippen molar-refractivity contribution in [2.45, 2.75) is 56.2 Å². The van der Waals surface area contributed by atoms with Crippen LogP contribution in [0.2, 0.25) is 0 Å². The smallest absolute Gasteiger partial charge is 0.239 e. The van der Waals surface area contributed by atoms with E-state index in [9.17, 15) is 23.3 Å². The zero-order valence-electron chi connectivity index (χ0n) is 22.0. The number of hydrogen-bond donors (Lipinski definition) is 1. The molecule has 0 aliphatic carbocycles. The summed E-state index contributed by atoms with van der Waals surface area (Å²) in [6.45, 7) is 3.18. The van der Waals surface area contributed by atoms with Gasteiger partial charge in [-0.3, -0.25) is 14.3 Å². The fraction of sp³-hybridized carbons (Fsp3) is 0.481. The van der Waals surface area contributed by atoms with Gasteiger partial charge < -0.3 is 9.64 Å². The average molecular weight is 559 g/mol. The molecule has 0 saturated carbocycles. The lowest BCUT2D eigenvalue weighted by Crippen LogP contribution is -2.38. The first-order chi connectivity index (χ1) is 18.2. The fourth-order valence-corrected chi connectivity index (χ4v) is 6.15. The highest BCUT2D eigenvalue weighted by molar-refractivity contribution is 7.98. The maximum atomic E-state index is 12.7. The van der Waals surface area contributed by atoms with Crippen LogP contribution >= 0.6 is 11.8 Å². The van der Waals surface area contributed by atoms with Gasteiger partial charge in [-0.15, -0.1) is 11.8 Å². The number of nitrogens with one attached hydrogen (secondary N) is 1. The van der Waals surface area contributed by atoms with E-state index in [-0.39, 0.29) is 23.9 Å². The van der Waals surface area contributed by atoms with Crippen LogP contribution in [0.25, 0.3) is 0 Å². The number of pyridine rings is 1.